The Labute approximate surface area is 110 Å². The molecule has 0 radical (unpaired) electrons. The van der Waals surface area contributed by atoms with E-state index in [-0.39, 0.29) is 0 Å². The van der Waals surface area contributed by atoms with Crippen molar-refractivity contribution in [2.24, 2.45) is 0 Å². The lowest BCUT2D eigenvalue weighted by atomic mass is 10.1. The predicted octanol–water partition coefficient (Wildman–Crippen LogP) is 3.35. The molecule has 92 valence electrons. The second-order valence-electron chi connectivity index (χ2n) is 3.72. The molecule has 0 saturated carbocycles. The van der Waals surface area contributed by atoms with Gasteiger partial charge in [-0.15, -0.1) is 11.3 Å². The molecule has 1 aromatic heterocycles. The Morgan fingerprint density at radius 1 is 1.28 bits per heavy atom. The van der Waals surface area contributed by atoms with Gasteiger partial charge in [0.05, 0.1) is 25.9 Å². The van der Waals surface area contributed by atoms with Gasteiger partial charge < -0.3 is 9.47 Å². The summed E-state index contributed by atoms with van der Waals surface area (Å²) >= 11 is 1.67. The van der Waals surface area contributed by atoms with Crippen LogP contribution >= 0.6 is 11.3 Å². The molecule has 18 heavy (non-hydrogen) atoms. The van der Waals surface area contributed by atoms with Crippen LogP contribution < -0.4 is 4.74 Å². The Morgan fingerprint density at radius 2 is 2.17 bits per heavy atom. The van der Waals surface area contributed by atoms with Gasteiger partial charge in [-0.25, -0.2) is 0 Å². The van der Waals surface area contributed by atoms with E-state index < -0.39 is 0 Å². The van der Waals surface area contributed by atoms with Crippen LogP contribution in [-0.2, 0) is 18.0 Å². The van der Waals surface area contributed by atoms with Crippen molar-refractivity contribution in [1.29, 1.82) is 5.26 Å². The number of ether oxygens (including phenoxy) is 2. The van der Waals surface area contributed by atoms with Gasteiger partial charge in [-0.2, -0.15) is 5.26 Å². The van der Waals surface area contributed by atoms with Gasteiger partial charge in [0, 0.05) is 4.88 Å². The molecule has 3 nitrogen and oxygen atoms in total. The van der Waals surface area contributed by atoms with Gasteiger partial charge >= 0.3 is 0 Å². The van der Waals surface area contributed by atoms with Crippen molar-refractivity contribution in [2.75, 3.05) is 7.11 Å². The van der Waals surface area contributed by atoms with Crippen molar-refractivity contribution in [3.05, 3.63) is 51.7 Å². The number of nitriles is 1. The summed E-state index contributed by atoms with van der Waals surface area (Å²) < 4.78 is 10.7. The molecule has 0 aliphatic rings. The lowest BCUT2D eigenvalue weighted by molar-refractivity contribution is 0.109. The third-order valence-electron chi connectivity index (χ3n) is 2.48. The zero-order chi connectivity index (χ0) is 12.8. The number of rotatable bonds is 5. The van der Waals surface area contributed by atoms with Crippen LogP contribution in [0.15, 0.2) is 35.7 Å². The Hall–Kier alpha value is -1.83. The van der Waals surface area contributed by atoms with Crippen LogP contribution in [0.25, 0.3) is 0 Å². The molecule has 2 aromatic rings. The lowest BCUT2D eigenvalue weighted by Gasteiger charge is -2.06. The van der Waals surface area contributed by atoms with E-state index >= 15 is 0 Å². The second kappa shape index (κ2) is 6.20. The van der Waals surface area contributed by atoms with Crippen LogP contribution in [0, 0.1) is 11.3 Å². The quantitative estimate of drug-likeness (QED) is 0.827. The van der Waals surface area contributed by atoms with Crippen LogP contribution in [0.4, 0.5) is 0 Å². The fourth-order valence-electron chi connectivity index (χ4n) is 1.60. The third kappa shape index (κ3) is 3.10. The van der Waals surface area contributed by atoms with E-state index in [0.29, 0.717) is 24.5 Å². The fourth-order valence-corrected chi connectivity index (χ4v) is 2.24. The SMILES string of the molecule is COc1ccc(COCc2cccs2)cc1C#N. The van der Waals surface area contributed by atoms with Gasteiger partial charge in [0.1, 0.15) is 11.8 Å². The van der Waals surface area contributed by atoms with Crippen molar-refractivity contribution in [3.63, 3.8) is 0 Å². The largest absolute Gasteiger partial charge is 0.495 e. The van der Waals surface area contributed by atoms with Crippen LogP contribution in [0.5, 0.6) is 5.75 Å². The average Bonchev–Trinajstić information content (AvgIpc) is 2.91. The minimum absolute atomic E-state index is 0.497. The van der Waals surface area contributed by atoms with Crippen molar-refractivity contribution >= 4 is 11.3 Å². The molecule has 0 aliphatic heterocycles. The maximum Gasteiger partial charge on any atom is 0.136 e. The summed E-state index contributed by atoms with van der Waals surface area (Å²) in [6.07, 6.45) is 0. The first-order valence-corrected chi connectivity index (χ1v) is 6.38. The molecular formula is C14H13NO2S. The molecule has 0 fully saturated rings. The average molecular weight is 259 g/mol. The summed E-state index contributed by atoms with van der Waals surface area (Å²) in [5.74, 6) is 0.597. The molecular weight excluding hydrogens is 246 g/mol. The summed E-state index contributed by atoms with van der Waals surface area (Å²) in [4.78, 5) is 1.20. The lowest BCUT2D eigenvalue weighted by Crippen LogP contribution is -1.95. The van der Waals surface area contributed by atoms with Crippen LogP contribution in [0.3, 0.4) is 0 Å². The van der Waals surface area contributed by atoms with Crippen molar-refractivity contribution < 1.29 is 9.47 Å². The zero-order valence-corrected chi connectivity index (χ0v) is 10.9. The smallest absolute Gasteiger partial charge is 0.136 e. The minimum Gasteiger partial charge on any atom is -0.495 e. The van der Waals surface area contributed by atoms with Crippen molar-refractivity contribution in [2.45, 2.75) is 13.2 Å². The summed E-state index contributed by atoms with van der Waals surface area (Å²) in [7, 11) is 1.56. The zero-order valence-electron chi connectivity index (χ0n) is 10.1. The van der Waals surface area contributed by atoms with Gasteiger partial charge in [0.2, 0.25) is 0 Å². The number of methoxy groups -OCH3 is 1. The molecule has 0 atom stereocenters. The molecule has 0 aliphatic carbocycles. The minimum atomic E-state index is 0.497. The highest BCUT2D eigenvalue weighted by Crippen LogP contribution is 2.19. The molecule has 4 heteroatoms. The van der Waals surface area contributed by atoms with Gasteiger partial charge in [0.15, 0.2) is 0 Å². The normalized spacial score (nSPS) is 10.0. The van der Waals surface area contributed by atoms with E-state index in [0.717, 1.165) is 5.56 Å². The maximum absolute atomic E-state index is 8.98. The fraction of sp³-hybridized carbons (Fsp3) is 0.214. The molecule has 0 saturated heterocycles. The topological polar surface area (TPSA) is 42.2 Å². The van der Waals surface area contributed by atoms with E-state index in [1.165, 1.54) is 4.88 Å². The summed E-state index contributed by atoms with van der Waals surface area (Å²) in [6, 6.07) is 11.7. The monoisotopic (exact) mass is 259 g/mol. The molecule has 1 aromatic carbocycles. The summed E-state index contributed by atoms with van der Waals surface area (Å²) in [5, 5.41) is 11.0. The van der Waals surface area contributed by atoms with Gasteiger partial charge in [-0.3, -0.25) is 0 Å². The summed E-state index contributed by atoms with van der Waals surface area (Å²) in [5.41, 5.74) is 1.51. The van der Waals surface area contributed by atoms with E-state index in [2.05, 4.69) is 6.07 Å². The Kier molecular flexibility index (Phi) is 4.35. The number of thiophene rings is 1. The van der Waals surface area contributed by atoms with Crippen molar-refractivity contribution in [1.82, 2.24) is 0 Å². The number of hydrogen-bond acceptors (Lipinski definition) is 4. The Morgan fingerprint density at radius 3 is 2.83 bits per heavy atom. The van der Waals surface area contributed by atoms with Crippen LogP contribution in [0.1, 0.15) is 16.0 Å². The third-order valence-corrected chi connectivity index (χ3v) is 3.33. The Balaban J connectivity index is 1.96. The van der Waals surface area contributed by atoms with E-state index in [9.17, 15) is 0 Å². The first-order chi connectivity index (χ1) is 8.83. The molecule has 0 spiro atoms. The molecule has 0 amide bonds. The number of nitrogens with zero attached hydrogens (tertiary/aromatic N) is 1. The highest BCUT2D eigenvalue weighted by atomic mass is 32.1. The number of benzene rings is 1. The highest BCUT2D eigenvalue weighted by molar-refractivity contribution is 7.09. The van der Waals surface area contributed by atoms with Crippen LogP contribution in [0.2, 0.25) is 0 Å². The van der Waals surface area contributed by atoms with Crippen molar-refractivity contribution in [3.8, 4) is 11.8 Å². The molecule has 0 bridgehead atoms. The first kappa shape index (κ1) is 12.6. The highest BCUT2D eigenvalue weighted by Gasteiger charge is 2.04. The molecule has 1 heterocycles. The van der Waals surface area contributed by atoms with E-state index in [4.69, 9.17) is 14.7 Å². The number of hydrogen-bond donors (Lipinski definition) is 0. The molecule has 0 unspecified atom stereocenters. The first-order valence-electron chi connectivity index (χ1n) is 5.50. The van der Waals surface area contributed by atoms with E-state index in [1.54, 1.807) is 30.6 Å². The molecule has 0 N–H and O–H groups in total. The molecule has 2 rings (SSSR count). The standard InChI is InChI=1S/C14H13NO2S/c1-16-14-5-4-11(7-12(14)8-15)9-17-10-13-3-2-6-18-13/h2-7H,9-10H2,1H3. The van der Waals surface area contributed by atoms with E-state index in [1.807, 2.05) is 23.6 Å². The van der Waals surface area contributed by atoms with Gasteiger partial charge in [0.25, 0.3) is 0 Å². The maximum atomic E-state index is 8.98. The predicted molar refractivity (Wildman–Crippen MR) is 70.5 cm³/mol. The van der Waals surface area contributed by atoms with Gasteiger partial charge in [-0.1, -0.05) is 12.1 Å². The summed E-state index contributed by atoms with van der Waals surface area (Å²) in [6.45, 7) is 1.10. The Bertz CT molecular complexity index is 543. The van der Waals surface area contributed by atoms with Gasteiger partial charge in [-0.05, 0) is 29.1 Å². The van der Waals surface area contributed by atoms with Crippen LogP contribution in [-0.4, -0.2) is 7.11 Å². The second-order valence-corrected chi connectivity index (χ2v) is 4.75.